The zero-order valence-corrected chi connectivity index (χ0v) is 29.7. The van der Waals surface area contributed by atoms with Gasteiger partial charge in [0.25, 0.3) is 0 Å². The van der Waals surface area contributed by atoms with E-state index in [1.807, 2.05) is 97.1 Å². The maximum absolute atomic E-state index is 12.9. The molecular weight excluding hydrogens is 650 g/mol. The van der Waals surface area contributed by atoms with E-state index in [9.17, 15) is 4.79 Å². The van der Waals surface area contributed by atoms with E-state index in [1.165, 1.54) is 6.42 Å². The van der Waals surface area contributed by atoms with Crippen molar-refractivity contribution in [3.05, 3.63) is 130 Å². The van der Waals surface area contributed by atoms with Crippen molar-refractivity contribution in [2.45, 2.75) is 78.4 Å². The molecule has 8 heteroatoms. The van der Waals surface area contributed by atoms with Crippen molar-refractivity contribution in [2.75, 3.05) is 6.54 Å². The second-order valence-corrected chi connectivity index (χ2v) is 15.0. The quantitative estimate of drug-likeness (QED) is 0.150. The molecule has 7 rings (SSSR count). The van der Waals surface area contributed by atoms with Gasteiger partial charge in [-0.1, -0.05) is 123 Å². The first-order valence-electron chi connectivity index (χ1n) is 17.6. The van der Waals surface area contributed by atoms with Crippen LogP contribution in [-0.4, -0.2) is 25.0 Å². The second-order valence-electron chi connectivity index (χ2n) is 14.6. The van der Waals surface area contributed by atoms with Gasteiger partial charge in [0.2, 0.25) is 0 Å². The number of benzene rings is 4. The van der Waals surface area contributed by atoms with Crippen LogP contribution in [0.5, 0.6) is 11.5 Å². The highest BCUT2D eigenvalue weighted by molar-refractivity contribution is 6.31. The molecule has 1 amide bonds. The zero-order chi connectivity index (χ0) is 34.7. The maximum Gasteiger partial charge on any atom is 0.407 e. The topological polar surface area (TPSA) is 75.3 Å². The molecule has 2 aliphatic carbocycles. The summed E-state index contributed by atoms with van der Waals surface area (Å²) in [6.07, 6.45) is 1.70. The van der Waals surface area contributed by atoms with Crippen LogP contribution in [0.4, 0.5) is 4.79 Å². The number of rotatable bonds is 13. The van der Waals surface area contributed by atoms with Gasteiger partial charge >= 0.3 is 6.09 Å². The van der Waals surface area contributed by atoms with E-state index in [-0.39, 0.29) is 30.1 Å². The molecule has 50 heavy (non-hydrogen) atoms. The molecule has 1 heterocycles. The SMILES string of the molecule is CC1(C)[C@@H]2CC[C@@]1(C)[C@@H]1O[C@@H](O[C@H](CNC(=O)OCc3ccccc3)c3cc(OCc4ccccc4)c(OCc4ccccc4)cc3Cl)C[C@H]21. The number of alkyl carbamates (subject to hydrolysis) is 1. The molecule has 7 nitrogen and oxygen atoms in total. The van der Waals surface area contributed by atoms with E-state index in [1.54, 1.807) is 6.07 Å². The number of carbonyl (C=O) groups is 1. The zero-order valence-electron chi connectivity index (χ0n) is 29.0. The van der Waals surface area contributed by atoms with E-state index in [2.05, 4.69) is 26.1 Å². The number of hydrogen-bond donors (Lipinski definition) is 1. The number of ether oxygens (including phenoxy) is 5. The third-order valence-electron chi connectivity index (χ3n) is 11.5. The molecule has 1 aliphatic heterocycles. The van der Waals surface area contributed by atoms with Crippen LogP contribution in [0.3, 0.4) is 0 Å². The Morgan fingerprint density at radius 1 is 0.840 bits per heavy atom. The van der Waals surface area contributed by atoms with E-state index >= 15 is 0 Å². The summed E-state index contributed by atoms with van der Waals surface area (Å²) in [7, 11) is 0. The Labute approximate surface area is 300 Å². The molecule has 2 bridgehead atoms. The minimum Gasteiger partial charge on any atom is -0.485 e. The lowest BCUT2D eigenvalue weighted by Crippen LogP contribution is -2.38. The average Bonchev–Trinajstić information content (AvgIpc) is 3.71. The fourth-order valence-corrected chi connectivity index (χ4v) is 8.71. The second kappa shape index (κ2) is 14.7. The summed E-state index contributed by atoms with van der Waals surface area (Å²) in [4.78, 5) is 12.9. The van der Waals surface area contributed by atoms with Crippen molar-refractivity contribution in [3.63, 3.8) is 0 Å². The number of nitrogens with one attached hydrogen (secondary N) is 1. The van der Waals surface area contributed by atoms with Gasteiger partial charge in [-0.15, -0.1) is 0 Å². The third kappa shape index (κ3) is 7.09. The highest BCUT2D eigenvalue weighted by Crippen LogP contribution is 2.71. The average molecular weight is 696 g/mol. The lowest BCUT2D eigenvalue weighted by molar-refractivity contribution is -0.186. The Bertz CT molecular complexity index is 1750. The minimum absolute atomic E-state index is 0.100. The molecule has 4 aromatic carbocycles. The van der Waals surface area contributed by atoms with Crippen molar-refractivity contribution >= 4 is 17.7 Å². The van der Waals surface area contributed by atoms with E-state index in [0.717, 1.165) is 29.5 Å². The molecule has 4 aromatic rings. The highest BCUT2D eigenvalue weighted by atomic mass is 35.5. The van der Waals surface area contributed by atoms with Crippen LogP contribution in [0.25, 0.3) is 0 Å². The van der Waals surface area contributed by atoms with Crippen molar-refractivity contribution < 1.29 is 28.5 Å². The number of hydrogen-bond acceptors (Lipinski definition) is 6. The highest BCUT2D eigenvalue weighted by Gasteiger charge is 2.69. The molecule has 0 radical (unpaired) electrons. The Balaban J connectivity index is 1.14. The van der Waals surface area contributed by atoms with Gasteiger partial charge in [0.15, 0.2) is 17.8 Å². The largest absolute Gasteiger partial charge is 0.485 e. The van der Waals surface area contributed by atoms with Gasteiger partial charge in [-0.25, -0.2) is 4.79 Å². The summed E-state index contributed by atoms with van der Waals surface area (Å²) >= 11 is 7.05. The Morgan fingerprint density at radius 2 is 1.40 bits per heavy atom. The Kier molecular flexibility index (Phi) is 10.1. The van der Waals surface area contributed by atoms with Gasteiger partial charge in [0, 0.05) is 18.1 Å². The van der Waals surface area contributed by atoms with Crippen LogP contribution in [0.15, 0.2) is 103 Å². The van der Waals surface area contributed by atoms with Gasteiger partial charge in [0.05, 0.1) is 17.7 Å². The molecule has 1 saturated heterocycles. The van der Waals surface area contributed by atoms with E-state index in [0.29, 0.717) is 47.1 Å². The molecule has 0 aromatic heterocycles. The van der Waals surface area contributed by atoms with Gasteiger partial charge in [-0.05, 0) is 58.3 Å². The third-order valence-corrected chi connectivity index (χ3v) is 11.8. The van der Waals surface area contributed by atoms with Gasteiger partial charge in [-0.3, -0.25) is 0 Å². The molecular formula is C42H46ClNO6. The molecule has 0 unspecified atom stereocenters. The normalized spacial score (nSPS) is 25.1. The first kappa shape index (κ1) is 34.4. The molecule has 6 atom stereocenters. The van der Waals surface area contributed by atoms with Gasteiger partial charge in [0.1, 0.15) is 25.9 Å². The fourth-order valence-electron chi connectivity index (χ4n) is 8.43. The predicted octanol–water partition coefficient (Wildman–Crippen LogP) is 9.67. The number of carbonyl (C=O) groups excluding carboxylic acids is 1. The fraction of sp³-hybridized carbons (Fsp3) is 0.405. The van der Waals surface area contributed by atoms with Crippen molar-refractivity contribution in [3.8, 4) is 11.5 Å². The van der Waals surface area contributed by atoms with E-state index in [4.69, 9.17) is 35.3 Å². The summed E-state index contributed by atoms with van der Waals surface area (Å²) in [5, 5.41) is 3.36. The maximum atomic E-state index is 12.9. The van der Waals surface area contributed by atoms with Gasteiger partial charge in [-0.2, -0.15) is 0 Å². The van der Waals surface area contributed by atoms with E-state index < -0.39 is 18.5 Å². The molecule has 0 spiro atoms. The lowest BCUT2D eigenvalue weighted by atomic mass is 9.70. The first-order chi connectivity index (χ1) is 24.2. The predicted molar refractivity (Wildman–Crippen MR) is 193 cm³/mol. The number of amides is 1. The summed E-state index contributed by atoms with van der Waals surface area (Å²) in [6.45, 7) is 8.14. The summed E-state index contributed by atoms with van der Waals surface area (Å²) in [5.74, 6) is 2.08. The molecule has 2 saturated carbocycles. The lowest BCUT2D eigenvalue weighted by Gasteiger charge is -2.39. The Hall–Kier alpha value is -4.04. The molecule has 1 N–H and O–H groups in total. The van der Waals surface area contributed by atoms with Crippen LogP contribution < -0.4 is 14.8 Å². The number of fused-ring (bicyclic) bond motifs is 5. The van der Waals surface area contributed by atoms with Crippen LogP contribution in [0, 0.1) is 22.7 Å². The first-order valence-corrected chi connectivity index (χ1v) is 18.0. The summed E-state index contributed by atoms with van der Waals surface area (Å²) in [6, 6.07) is 33.2. The van der Waals surface area contributed by atoms with Crippen molar-refractivity contribution in [1.82, 2.24) is 5.32 Å². The minimum atomic E-state index is -0.642. The molecule has 3 aliphatic rings. The van der Waals surface area contributed by atoms with Crippen LogP contribution in [0.2, 0.25) is 5.02 Å². The Morgan fingerprint density at radius 3 is 1.98 bits per heavy atom. The summed E-state index contributed by atoms with van der Waals surface area (Å²) < 4.78 is 31.7. The van der Waals surface area contributed by atoms with Crippen LogP contribution >= 0.6 is 11.6 Å². The van der Waals surface area contributed by atoms with Gasteiger partial charge < -0.3 is 29.0 Å². The standard InChI is InChI=1S/C42H46ClNO6/c1-41(2)33-19-20-42(41,3)39-31(33)22-38(50-39)49-37(24-44-40(45)48-27-30-17-11-6-12-18-30)32-21-35(46-25-28-13-7-4-8-14-28)36(23-34(32)43)47-26-29-15-9-5-10-16-29/h4-18,21,23,31,33,37-39H,19-20,22,24-27H2,1-3H3,(H,44,45)/t31-,33-,37-,38-,39-,42+/m1/s1. The number of halogens is 1. The molecule has 262 valence electrons. The summed E-state index contributed by atoms with van der Waals surface area (Å²) in [5.41, 5.74) is 3.94. The van der Waals surface area contributed by atoms with Crippen molar-refractivity contribution in [2.24, 2.45) is 22.7 Å². The monoisotopic (exact) mass is 695 g/mol. The smallest absolute Gasteiger partial charge is 0.407 e. The van der Waals surface area contributed by atoms with Crippen LogP contribution in [0.1, 0.15) is 68.4 Å². The van der Waals surface area contributed by atoms with Crippen LogP contribution in [-0.2, 0) is 34.0 Å². The van der Waals surface area contributed by atoms with Crippen molar-refractivity contribution in [1.29, 1.82) is 0 Å². The molecule has 3 fully saturated rings.